The van der Waals surface area contributed by atoms with E-state index in [1.807, 2.05) is 25.3 Å². The summed E-state index contributed by atoms with van der Waals surface area (Å²) in [6.45, 7) is 4.18. The fourth-order valence-electron chi connectivity index (χ4n) is 2.92. The van der Waals surface area contributed by atoms with Gasteiger partial charge < -0.3 is 9.47 Å². The molecule has 1 aliphatic heterocycles. The van der Waals surface area contributed by atoms with Crippen LogP contribution in [0.3, 0.4) is 0 Å². The molecule has 0 fully saturated rings. The summed E-state index contributed by atoms with van der Waals surface area (Å²) in [5.41, 5.74) is 3.29. The maximum Gasteiger partial charge on any atom is 0.232 e. The van der Waals surface area contributed by atoms with Gasteiger partial charge in [0.1, 0.15) is 23.9 Å². The molecule has 0 bridgehead atoms. The van der Waals surface area contributed by atoms with Crippen LogP contribution in [0.25, 0.3) is 6.08 Å². The fraction of sp³-hybridized carbons (Fsp3) is 0.136. The summed E-state index contributed by atoms with van der Waals surface area (Å²) in [5.74, 6) is 1.11. The summed E-state index contributed by atoms with van der Waals surface area (Å²) in [6.07, 6.45) is 1.79. The Labute approximate surface area is 160 Å². The van der Waals surface area contributed by atoms with Gasteiger partial charge in [0.05, 0.1) is 5.56 Å². The number of carbonyl (C=O) groups excluding carboxylic acids is 1. The van der Waals surface area contributed by atoms with E-state index in [1.54, 1.807) is 41.7 Å². The van der Waals surface area contributed by atoms with Crippen molar-refractivity contribution in [2.45, 2.75) is 20.5 Å². The molecule has 2 heterocycles. The molecule has 0 aliphatic carbocycles. The first-order valence-corrected chi connectivity index (χ1v) is 9.40. The van der Waals surface area contributed by atoms with E-state index in [1.165, 1.54) is 12.1 Å². The van der Waals surface area contributed by atoms with E-state index >= 15 is 0 Å². The van der Waals surface area contributed by atoms with Crippen molar-refractivity contribution in [3.63, 3.8) is 0 Å². The van der Waals surface area contributed by atoms with Crippen LogP contribution in [0, 0.1) is 19.7 Å². The number of halogens is 1. The number of ether oxygens (including phenoxy) is 2. The predicted octanol–water partition coefficient (Wildman–Crippen LogP) is 5.70. The summed E-state index contributed by atoms with van der Waals surface area (Å²) in [6, 6.07) is 11.7. The van der Waals surface area contributed by atoms with E-state index in [-0.39, 0.29) is 11.6 Å². The molecule has 0 spiro atoms. The zero-order valence-electron chi connectivity index (χ0n) is 14.9. The molecule has 2 aromatic carbocycles. The molecule has 27 heavy (non-hydrogen) atoms. The molecule has 0 saturated heterocycles. The number of fused-ring (bicyclic) bond motifs is 1. The van der Waals surface area contributed by atoms with Crippen LogP contribution < -0.4 is 9.47 Å². The highest BCUT2D eigenvalue weighted by Gasteiger charge is 2.30. The van der Waals surface area contributed by atoms with Crippen molar-refractivity contribution in [2.75, 3.05) is 0 Å². The van der Waals surface area contributed by atoms with E-state index < -0.39 is 0 Å². The fourth-order valence-corrected chi connectivity index (χ4v) is 3.77. The largest absolute Gasteiger partial charge is 0.488 e. The number of Topliss-reactive ketones (excluding diaryl/α,β-unsaturated/α-hetero) is 1. The predicted molar refractivity (Wildman–Crippen MR) is 104 cm³/mol. The first-order valence-electron chi connectivity index (χ1n) is 8.52. The van der Waals surface area contributed by atoms with Crippen molar-refractivity contribution >= 4 is 23.2 Å². The minimum absolute atomic E-state index is 0.119. The topological polar surface area (TPSA) is 35.5 Å². The molecule has 5 heteroatoms. The molecule has 4 rings (SSSR count). The number of thiophene rings is 1. The normalized spacial score (nSPS) is 14.3. The van der Waals surface area contributed by atoms with Crippen molar-refractivity contribution in [3.8, 4) is 11.5 Å². The van der Waals surface area contributed by atoms with Gasteiger partial charge in [0.2, 0.25) is 5.78 Å². The van der Waals surface area contributed by atoms with Crippen LogP contribution in [0.4, 0.5) is 4.39 Å². The third kappa shape index (κ3) is 3.38. The summed E-state index contributed by atoms with van der Waals surface area (Å²) in [7, 11) is 0. The Balaban J connectivity index is 1.57. The zero-order valence-corrected chi connectivity index (χ0v) is 15.7. The van der Waals surface area contributed by atoms with E-state index in [0.717, 1.165) is 21.6 Å². The van der Waals surface area contributed by atoms with Crippen LogP contribution in [0.2, 0.25) is 0 Å². The highest BCUT2D eigenvalue weighted by atomic mass is 32.1. The molecule has 1 aliphatic rings. The quantitative estimate of drug-likeness (QED) is 0.545. The van der Waals surface area contributed by atoms with Crippen molar-refractivity contribution in [1.82, 2.24) is 0 Å². The first kappa shape index (κ1) is 17.5. The number of hydrogen-bond acceptors (Lipinski definition) is 4. The van der Waals surface area contributed by atoms with E-state index in [2.05, 4.69) is 0 Å². The number of ketones is 1. The maximum atomic E-state index is 13.0. The van der Waals surface area contributed by atoms with Crippen molar-refractivity contribution in [2.24, 2.45) is 0 Å². The Morgan fingerprint density at radius 1 is 1.11 bits per heavy atom. The number of allylic oxidation sites excluding steroid dienone is 1. The van der Waals surface area contributed by atoms with E-state index in [4.69, 9.17) is 9.47 Å². The second-order valence-corrected chi connectivity index (χ2v) is 7.34. The van der Waals surface area contributed by atoms with Gasteiger partial charge in [0, 0.05) is 16.5 Å². The highest BCUT2D eigenvalue weighted by Crippen LogP contribution is 2.39. The van der Waals surface area contributed by atoms with Crippen LogP contribution >= 0.6 is 11.3 Å². The second-order valence-electron chi connectivity index (χ2n) is 6.39. The monoisotopic (exact) mass is 380 g/mol. The van der Waals surface area contributed by atoms with Crippen molar-refractivity contribution < 1.29 is 18.7 Å². The Morgan fingerprint density at radius 3 is 2.59 bits per heavy atom. The molecular weight excluding hydrogens is 363 g/mol. The van der Waals surface area contributed by atoms with Crippen LogP contribution in [0.15, 0.2) is 53.6 Å². The first-order chi connectivity index (χ1) is 13.0. The molecule has 3 nitrogen and oxygen atoms in total. The molecule has 0 atom stereocenters. The molecule has 0 amide bonds. The zero-order chi connectivity index (χ0) is 19.0. The van der Waals surface area contributed by atoms with Gasteiger partial charge in [0.25, 0.3) is 0 Å². The molecule has 136 valence electrons. The summed E-state index contributed by atoms with van der Waals surface area (Å²) >= 11 is 1.57. The van der Waals surface area contributed by atoms with Crippen LogP contribution in [0.1, 0.15) is 31.9 Å². The molecule has 1 aromatic heterocycles. The smallest absolute Gasteiger partial charge is 0.232 e. The van der Waals surface area contributed by atoms with E-state index in [0.29, 0.717) is 29.4 Å². The van der Waals surface area contributed by atoms with E-state index in [9.17, 15) is 9.18 Å². The lowest BCUT2D eigenvalue weighted by Crippen LogP contribution is -1.98. The molecule has 3 aromatic rings. The maximum absolute atomic E-state index is 13.0. The summed E-state index contributed by atoms with van der Waals surface area (Å²) in [5, 5.41) is 1.99. The summed E-state index contributed by atoms with van der Waals surface area (Å²) in [4.78, 5) is 13.7. The Hall–Kier alpha value is -2.92. The second kappa shape index (κ2) is 7.00. The third-order valence-electron chi connectivity index (χ3n) is 4.51. The van der Waals surface area contributed by atoms with Crippen molar-refractivity contribution in [3.05, 3.63) is 86.6 Å². The van der Waals surface area contributed by atoms with Gasteiger partial charge in [-0.1, -0.05) is 12.1 Å². The number of carbonyl (C=O) groups is 1. The molecular formula is C22H17FO3S. The van der Waals surface area contributed by atoms with Crippen LogP contribution in [-0.4, -0.2) is 5.78 Å². The van der Waals surface area contributed by atoms with Gasteiger partial charge >= 0.3 is 0 Å². The van der Waals surface area contributed by atoms with Gasteiger partial charge in [0.15, 0.2) is 5.76 Å². The Kier molecular flexibility index (Phi) is 4.54. The average Bonchev–Trinajstić information content (AvgIpc) is 3.21. The lowest BCUT2D eigenvalue weighted by atomic mass is 10.1. The molecule has 0 N–H and O–H groups in total. The average molecular weight is 380 g/mol. The van der Waals surface area contributed by atoms with Gasteiger partial charge in [-0.3, -0.25) is 4.79 Å². The molecule has 0 saturated carbocycles. The number of rotatable bonds is 4. The molecule has 0 radical (unpaired) electrons. The molecule has 0 unspecified atom stereocenters. The van der Waals surface area contributed by atoms with Gasteiger partial charge in [-0.15, -0.1) is 11.3 Å². The van der Waals surface area contributed by atoms with Gasteiger partial charge in [-0.05, 0) is 60.7 Å². The number of aryl methyl sites for hydroxylation is 1. The minimum atomic E-state index is -0.278. The van der Waals surface area contributed by atoms with Gasteiger partial charge in [-0.2, -0.15) is 0 Å². The standard InChI is InChI=1S/C22H17FO3S/c1-13-9-10-27-20(13)11-19-21(24)17-7-8-18(14(2)22(17)26-19)25-12-15-3-5-16(23)6-4-15/h3-11H,12H2,1-2H3/b19-11-. The number of benzene rings is 2. The third-order valence-corrected chi connectivity index (χ3v) is 5.47. The minimum Gasteiger partial charge on any atom is -0.488 e. The SMILES string of the molecule is Cc1ccsc1/C=C1\Oc2c(ccc(OCc3ccc(F)cc3)c2C)C1=O. The Morgan fingerprint density at radius 2 is 1.89 bits per heavy atom. The van der Waals surface area contributed by atoms with Gasteiger partial charge in [-0.25, -0.2) is 4.39 Å². The Bertz CT molecular complexity index is 1050. The lowest BCUT2D eigenvalue weighted by molar-refractivity contribution is 0.101. The van der Waals surface area contributed by atoms with Crippen molar-refractivity contribution in [1.29, 1.82) is 0 Å². The van der Waals surface area contributed by atoms with Crippen LogP contribution in [-0.2, 0) is 6.61 Å². The highest BCUT2D eigenvalue weighted by molar-refractivity contribution is 7.11. The lowest BCUT2D eigenvalue weighted by Gasteiger charge is -2.11. The number of hydrogen-bond donors (Lipinski definition) is 0. The summed E-state index contributed by atoms with van der Waals surface area (Å²) < 4.78 is 24.7. The van der Waals surface area contributed by atoms with Crippen LogP contribution in [0.5, 0.6) is 11.5 Å².